The van der Waals surface area contributed by atoms with E-state index in [0.29, 0.717) is 11.1 Å². The van der Waals surface area contributed by atoms with Crippen LogP contribution in [-0.4, -0.2) is 25.6 Å². The zero-order valence-corrected chi connectivity index (χ0v) is 14.0. The van der Waals surface area contributed by atoms with Crippen LogP contribution in [0.1, 0.15) is 16.7 Å². The van der Waals surface area contributed by atoms with Crippen molar-refractivity contribution in [1.29, 1.82) is 0 Å². The summed E-state index contributed by atoms with van der Waals surface area (Å²) in [6, 6.07) is 11.7. The first-order valence-corrected chi connectivity index (χ1v) is 7.68. The van der Waals surface area contributed by atoms with Crippen molar-refractivity contribution in [2.45, 2.75) is 13.5 Å². The number of nitrogens with zero attached hydrogens (tertiary/aromatic N) is 1. The van der Waals surface area contributed by atoms with Gasteiger partial charge in [-0.1, -0.05) is 23.8 Å². The van der Waals surface area contributed by atoms with Gasteiger partial charge in [-0.15, -0.1) is 0 Å². The minimum Gasteiger partial charge on any atom is -0.493 e. The lowest BCUT2D eigenvalue weighted by molar-refractivity contribution is -0.129. The summed E-state index contributed by atoms with van der Waals surface area (Å²) in [7, 11) is 1.34. The van der Waals surface area contributed by atoms with E-state index in [1.165, 1.54) is 31.4 Å². The lowest BCUT2D eigenvalue weighted by atomic mass is 10.1. The summed E-state index contributed by atoms with van der Waals surface area (Å²) in [6.45, 7) is -1.01. The maximum Gasteiger partial charge on any atom is 0.387 e. The van der Waals surface area contributed by atoms with Gasteiger partial charge in [0.1, 0.15) is 0 Å². The molecule has 0 atom stereocenters. The molecule has 0 saturated heterocycles. The molecule has 134 valence electrons. The van der Waals surface area contributed by atoms with Crippen molar-refractivity contribution in [1.82, 2.24) is 0 Å². The third-order valence-corrected chi connectivity index (χ3v) is 3.63. The monoisotopic (exact) mass is 359 g/mol. The highest BCUT2D eigenvalue weighted by molar-refractivity contribution is 6.12. The number of carbonyl (C=O) groups is 1. The number of rotatable bonds is 5. The zero-order valence-electron chi connectivity index (χ0n) is 14.0. The van der Waals surface area contributed by atoms with Crippen molar-refractivity contribution >= 4 is 17.9 Å². The summed E-state index contributed by atoms with van der Waals surface area (Å²) in [6.07, 6.45) is 1.48. The zero-order chi connectivity index (χ0) is 18.7. The number of esters is 1. The van der Waals surface area contributed by atoms with Crippen LogP contribution in [0, 0.1) is 6.92 Å². The minimum absolute atomic E-state index is 0.0949. The van der Waals surface area contributed by atoms with Crippen molar-refractivity contribution in [2.24, 2.45) is 4.99 Å². The maximum absolute atomic E-state index is 12.4. The first kappa shape index (κ1) is 17.6. The van der Waals surface area contributed by atoms with Crippen LogP contribution in [0.5, 0.6) is 11.5 Å². The van der Waals surface area contributed by atoms with Crippen LogP contribution in [0.15, 0.2) is 53.2 Å². The van der Waals surface area contributed by atoms with Gasteiger partial charge in [-0.2, -0.15) is 8.78 Å². The molecular weight excluding hydrogens is 344 g/mol. The van der Waals surface area contributed by atoms with Crippen molar-refractivity contribution < 1.29 is 27.8 Å². The Balaban J connectivity index is 1.89. The van der Waals surface area contributed by atoms with Gasteiger partial charge >= 0.3 is 12.6 Å². The number of benzene rings is 2. The van der Waals surface area contributed by atoms with Crippen molar-refractivity contribution in [2.75, 3.05) is 7.11 Å². The Bertz CT molecular complexity index is 889. The minimum atomic E-state index is -2.96. The molecule has 0 amide bonds. The predicted molar refractivity (Wildman–Crippen MR) is 91.4 cm³/mol. The molecule has 0 bridgehead atoms. The fourth-order valence-electron chi connectivity index (χ4n) is 2.35. The quantitative estimate of drug-likeness (QED) is 0.599. The Hall–Kier alpha value is -3.22. The van der Waals surface area contributed by atoms with Gasteiger partial charge in [-0.05, 0) is 42.8 Å². The summed E-state index contributed by atoms with van der Waals surface area (Å²) in [5.41, 5.74) is 2.40. The molecule has 26 heavy (non-hydrogen) atoms. The van der Waals surface area contributed by atoms with E-state index < -0.39 is 12.6 Å². The second kappa shape index (κ2) is 7.35. The topological polar surface area (TPSA) is 57.1 Å². The molecule has 0 spiro atoms. The number of alkyl halides is 2. The molecule has 3 rings (SSSR count). The van der Waals surface area contributed by atoms with Crippen LogP contribution in [0.3, 0.4) is 0 Å². The molecule has 0 saturated carbocycles. The summed E-state index contributed by atoms with van der Waals surface area (Å²) < 4.78 is 39.4. The summed E-state index contributed by atoms with van der Waals surface area (Å²) >= 11 is 0. The highest BCUT2D eigenvalue weighted by atomic mass is 19.3. The lowest BCUT2D eigenvalue weighted by Gasteiger charge is -2.10. The largest absolute Gasteiger partial charge is 0.493 e. The Kier molecular flexibility index (Phi) is 4.97. The smallest absolute Gasteiger partial charge is 0.387 e. The third kappa shape index (κ3) is 3.88. The Morgan fingerprint density at radius 3 is 2.50 bits per heavy atom. The molecule has 5 nitrogen and oxygen atoms in total. The molecular formula is C19H15F2NO4. The van der Waals surface area contributed by atoms with E-state index in [1.807, 2.05) is 31.2 Å². The van der Waals surface area contributed by atoms with E-state index in [9.17, 15) is 13.6 Å². The highest BCUT2D eigenvalue weighted by Gasteiger charge is 2.24. The van der Waals surface area contributed by atoms with E-state index in [4.69, 9.17) is 9.47 Å². The average molecular weight is 359 g/mol. The first-order chi connectivity index (χ1) is 12.5. The van der Waals surface area contributed by atoms with Gasteiger partial charge in [-0.25, -0.2) is 9.79 Å². The number of aliphatic imine (C=N–C) groups is 1. The van der Waals surface area contributed by atoms with Gasteiger partial charge < -0.3 is 14.2 Å². The van der Waals surface area contributed by atoms with E-state index >= 15 is 0 Å². The van der Waals surface area contributed by atoms with Gasteiger partial charge in [-0.3, -0.25) is 0 Å². The molecule has 0 N–H and O–H groups in total. The van der Waals surface area contributed by atoms with Crippen molar-refractivity contribution in [3.63, 3.8) is 0 Å². The number of ether oxygens (including phenoxy) is 3. The molecule has 7 heteroatoms. The number of halogens is 2. The van der Waals surface area contributed by atoms with Gasteiger partial charge in [0.25, 0.3) is 0 Å². The average Bonchev–Trinajstić information content (AvgIpc) is 2.97. The Morgan fingerprint density at radius 1 is 1.12 bits per heavy atom. The van der Waals surface area contributed by atoms with Gasteiger partial charge in [0, 0.05) is 5.56 Å². The Labute approximate surface area is 148 Å². The van der Waals surface area contributed by atoms with Gasteiger partial charge in [0.05, 0.1) is 7.11 Å². The van der Waals surface area contributed by atoms with Gasteiger partial charge in [0.2, 0.25) is 5.90 Å². The molecule has 0 unspecified atom stereocenters. The van der Waals surface area contributed by atoms with Crippen LogP contribution in [-0.2, 0) is 9.53 Å². The molecule has 1 aliphatic rings. The number of hydrogen-bond acceptors (Lipinski definition) is 5. The fourth-order valence-corrected chi connectivity index (χ4v) is 2.35. The fraction of sp³-hybridized carbons (Fsp3) is 0.158. The molecule has 0 radical (unpaired) electrons. The van der Waals surface area contributed by atoms with E-state index in [0.717, 1.165) is 5.56 Å². The Morgan fingerprint density at radius 2 is 1.85 bits per heavy atom. The van der Waals surface area contributed by atoms with Crippen molar-refractivity contribution in [3.05, 3.63) is 64.9 Å². The molecule has 0 aliphatic carbocycles. The van der Waals surface area contributed by atoms with Crippen LogP contribution in [0.4, 0.5) is 8.78 Å². The molecule has 1 aliphatic heterocycles. The number of cyclic esters (lactones) is 1. The highest BCUT2D eigenvalue weighted by Crippen LogP contribution is 2.31. The van der Waals surface area contributed by atoms with Crippen LogP contribution in [0.25, 0.3) is 6.08 Å². The second-order valence-electron chi connectivity index (χ2n) is 5.49. The maximum atomic E-state index is 12.4. The van der Waals surface area contributed by atoms with Crippen LogP contribution >= 0.6 is 0 Å². The number of aryl methyl sites for hydroxylation is 1. The molecule has 2 aromatic rings. The predicted octanol–water partition coefficient (Wildman–Crippen LogP) is 3.95. The van der Waals surface area contributed by atoms with Crippen molar-refractivity contribution in [3.8, 4) is 11.5 Å². The first-order valence-electron chi connectivity index (χ1n) is 7.68. The molecule has 0 aromatic heterocycles. The summed E-state index contributed by atoms with van der Waals surface area (Å²) in [5.74, 6) is -0.352. The van der Waals surface area contributed by atoms with E-state index in [2.05, 4.69) is 9.73 Å². The number of methoxy groups -OCH3 is 1. The standard InChI is InChI=1S/C19H15F2NO4/c1-11-3-6-13(7-4-11)17-22-14(18(23)26-17)9-12-5-8-15(25-19(20)21)16(10-12)24-2/h3-10,19H,1-2H3/b14-9+. The molecule has 0 fully saturated rings. The number of hydrogen-bond donors (Lipinski definition) is 0. The lowest BCUT2D eigenvalue weighted by Crippen LogP contribution is -2.05. The third-order valence-electron chi connectivity index (χ3n) is 3.63. The SMILES string of the molecule is COc1cc(/C=C2/N=C(c3ccc(C)cc3)OC2=O)ccc1OC(F)F. The molecule has 2 aromatic carbocycles. The number of carbonyl (C=O) groups excluding carboxylic acids is 1. The summed E-state index contributed by atoms with van der Waals surface area (Å²) in [4.78, 5) is 16.2. The van der Waals surface area contributed by atoms with Crippen LogP contribution in [0.2, 0.25) is 0 Å². The van der Waals surface area contributed by atoms with E-state index in [1.54, 1.807) is 0 Å². The van der Waals surface area contributed by atoms with Gasteiger partial charge in [0.15, 0.2) is 17.2 Å². The molecule has 1 heterocycles. The normalized spacial score (nSPS) is 15.2. The van der Waals surface area contributed by atoms with E-state index in [-0.39, 0.29) is 23.1 Å². The summed E-state index contributed by atoms with van der Waals surface area (Å²) in [5, 5.41) is 0. The second-order valence-corrected chi connectivity index (χ2v) is 5.49. The van der Waals surface area contributed by atoms with Crippen LogP contribution < -0.4 is 9.47 Å².